The summed E-state index contributed by atoms with van der Waals surface area (Å²) < 4.78 is 11.6. The molecule has 0 saturated heterocycles. The number of benzene rings is 1. The van der Waals surface area contributed by atoms with E-state index in [-0.39, 0.29) is 17.9 Å². The van der Waals surface area contributed by atoms with Crippen molar-refractivity contribution >= 4 is 17.5 Å². The molecule has 0 bridgehead atoms. The third-order valence-electron chi connectivity index (χ3n) is 5.26. The van der Waals surface area contributed by atoms with E-state index in [2.05, 4.69) is 11.2 Å². The highest BCUT2D eigenvalue weighted by Gasteiger charge is 2.33. The molecule has 0 radical (unpaired) electrons. The van der Waals surface area contributed by atoms with Crippen LogP contribution in [-0.4, -0.2) is 54.2 Å². The van der Waals surface area contributed by atoms with Crippen LogP contribution in [0.3, 0.4) is 0 Å². The highest BCUT2D eigenvalue weighted by Crippen LogP contribution is 2.39. The fraction of sp³-hybridized carbons (Fsp3) is 0.526. The van der Waals surface area contributed by atoms with Crippen molar-refractivity contribution in [3.63, 3.8) is 0 Å². The summed E-state index contributed by atoms with van der Waals surface area (Å²) in [6.07, 6.45) is 2.37. The molecule has 1 aromatic carbocycles. The Balaban J connectivity index is 1.61. The summed E-state index contributed by atoms with van der Waals surface area (Å²) in [6.45, 7) is 3.96. The van der Waals surface area contributed by atoms with Crippen molar-refractivity contribution in [2.24, 2.45) is 5.10 Å². The van der Waals surface area contributed by atoms with Crippen LogP contribution >= 0.6 is 0 Å². The largest absolute Gasteiger partial charge is 0.490 e. The molecule has 0 aliphatic carbocycles. The number of carbonyl (C=O) groups excluding carboxylic acids is 2. The first-order chi connectivity index (χ1) is 12.5. The molecule has 2 amide bonds. The number of carbonyl (C=O) groups is 2. The van der Waals surface area contributed by atoms with Gasteiger partial charge in [-0.3, -0.25) is 9.59 Å². The van der Waals surface area contributed by atoms with E-state index in [0.29, 0.717) is 38.3 Å². The summed E-state index contributed by atoms with van der Waals surface area (Å²) in [5.74, 6) is 1.40. The van der Waals surface area contributed by atoms with Gasteiger partial charge in [0, 0.05) is 32.9 Å². The predicted molar refractivity (Wildman–Crippen MR) is 95.3 cm³/mol. The molecule has 0 fully saturated rings. The molecule has 3 aliphatic rings. The Kier molecular flexibility index (Phi) is 4.30. The second kappa shape index (κ2) is 6.63. The van der Waals surface area contributed by atoms with Crippen LogP contribution in [0.1, 0.15) is 43.4 Å². The second-order valence-corrected chi connectivity index (χ2v) is 6.94. The molecule has 7 nitrogen and oxygen atoms in total. The Hall–Kier alpha value is -2.57. The Morgan fingerprint density at radius 2 is 1.88 bits per heavy atom. The summed E-state index contributed by atoms with van der Waals surface area (Å²) in [7, 11) is 1.59. The molecule has 1 aromatic rings. The van der Waals surface area contributed by atoms with Crippen LogP contribution in [0, 0.1) is 0 Å². The number of rotatable bonds is 1. The normalized spacial score (nSPS) is 22.5. The Bertz CT molecular complexity index is 789. The van der Waals surface area contributed by atoms with E-state index in [9.17, 15) is 9.59 Å². The molecule has 4 rings (SSSR count). The Morgan fingerprint density at radius 1 is 1.15 bits per heavy atom. The second-order valence-electron chi connectivity index (χ2n) is 6.94. The van der Waals surface area contributed by atoms with Gasteiger partial charge in [0.1, 0.15) is 5.71 Å². The van der Waals surface area contributed by atoms with Crippen LogP contribution in [0.25, 0.3) is 0 Å². The van der Waals surface area contributed by atoms with Gasteiger partial charge >= 0.3 is 0 Å². The van der Waals surface area contributed by atoms with Gasteiger partial charge in [-0.25, -0.2) is 5.01 Å². The lowest BCUT2D eigenvalue weighted by atomic mass is 9.92. The van der Waals surface area contributed by atoms with Crippen LogP contribution in [0.2, 0.25) is 0 Å². The van der Waals surface area contributed by atoms with E-state index < -0.39 is 0 Å². The highest BCUT2D eigenvalue weighted by atomic mass is 16.5. The molecule has 3 heterocycles. The zero-order valence-electron chi connectivity index (χ0n) is 15.2. The standard InChI is InChI=1S/C19H23N3O4/c1-12-14-11-17-16(25-8-3-9-26-17)10-13(14)6-7-22(12)19(24)15-4-5-18(23)21(2)20-15/h10-12H,3-9H2,1-2H3. The van der Waals surface area contributed by atoms with Gasteiger partial charge in [0.25, 0.3) is 5.91 Å². The minimum Gasteiger partial charge on any atom is -0.490 e. The van der Waals surface area contributed by atoms with Crippen LogP contribution < -0.4 is 9.47 Å². The van der Waals surface area contributed by atoms with E-state index in [0.717, 1.165) is 29.9 Å². The van der Waals surface area contributed by atoms with Crippen LogP contribution in [0.5, 0.6) is 11.5 Å². The van der Waals surface area contributed by atoms with Gasteiger partial charge in [-0.1, -0.05) is 0 Å². The first kappa shape index (κ1) is 16.9. The third-order valence-corrected chi connectivity index (χ3v) is 5.26. The monoisotopic (exact) mass is 357 g/mol. The zero-order valence-corrected chi connectivity index (χ0v) is 15.2. The molecule has 0 saturated carbocycles. The summed E-state index contributed by atoms with van der Waals surface area (Å²) in [4.78, 5) is 26.4. The van der Waals surface area contributed by atoms with Crippen LogP contribution in [0.15, 0.2) is 17.2 Å². The molecule has 26 heavy (non-hydrogen) atoms. The SMILES string of the molecule is CC1c2cc3c(cc2CCN1C(=O)C1=NN(C)C(=O)CC1)OCCCO3. The number of hydrazone groups is 1. The number of fused-ring (bicyclic) bond motifs is 2. The number of amides is 2. The van der Waals surface area contributed by atoms with Crippen LogP contribution in [-0.2, 0) is 16.0 Å². The maximum absolute atomic E-state index is 13.0. The van der Waals surface area contributed by atoms with Crippen molar-refractivity contribution in [3.05, 3.63) is 23.3 Å². The molecular formula is C19H23N3O4. The van der Waals surface area contributed by atoms with E-state index in [1.165, 1.54) is 10.6 Å². The quantitative estimate of drug-likeness (QED) is 0.770. The molecule has 0 spiro atoms. The summed E-state index contributed by atoms with van der Waals surface area (Å²) >= 11 is 0. The molecule has 138 valence electrons. The molecule has 1 unspecified atom stereocenters. The molecule has 1 atom stereocenters. The van der Waals surface area contributed by atoms with E-state index >= 15 is 0 Å². The maximum atomic E-state index is 13.0. The van der Waals surface area contributed by atoms with Crippen molar-refractivity contribution in [2.45, 2.75) is 38.6 Å². The summed E-state index contributed by atoms with van der Waals surface area (Å²) in [5, 5.41) is 5.44. The van der Waals surface area contributed by atoms with Crippen molar-refractivity contribution in [3.8, 4) is 11.5 Å². The van der Waals surface area contributed by atoms with Gasteiger partial charge in [-0.15, -0.1) is 0 Å². The average Bonchev–Trinajstić information content (AvgIpc) is 2.87. The summed E-state index contributed by atoms with van der Waals surface area (Å²) in [6, 6.07) is 3.99. The number of nitrogens with zero attached hydrogens (tertiary/aromatic N) is 3. The first-order valence-electron chi connectivity index (χ1n) is 9.12. The van der Waals surface area contributed by atoms with Gasteiger partial charge in [0.05, 0.1) is 19.3 Å². The van der Waals surface area contributed by atoms with E-state index in [4.69, 9.17) is 9.47 Å². The first-order valence-corrected chi connectivity index (χ1v) is 9.12. The Morgan fingerprint density at radius 3 is 2.62 bits per heavy atom. The predicted octanol–water partition coefficient (Wildman–Crippen LogP) is 1.90. The molecule has 7 heteroatoms. The highest BCUT2D eigenvalue weighted by molar-refractivity contribution is 6.39. The van der Waals surface area contributed by atoms with Gasteiger partial charge in [0.2, 0.25) is 5.91 Å². The lowest BCUT2D eigenvalue weighted by Crippen LogP contribution is -2.44. The van der Waals surface area contributed by atoms with E-state index in [1.807, 2.05) is 17.9 Å². The lowest BCUT2D eigenvalue weighted by molar-refractivity contribution is -0.131. The molecular weight excluding hydrogens is 334 g/mol. The number of ether oxygens (including phenoxy) is 2. The third kappa shape index (κ3) is 2.91. The lowest BCUT2D eigenvalue weighted by Gasteiger charge is -2.36. The van der Waals surface area contributed by atoms with Gasteiger partial charge < -0.3 is 14.4 Å². The fourth-order valence-electron chi connectivity index (χ4n) is 3.74. The number of hydrogen-bond donors (Lipinski definition) is 0. The van der Waals surface area contributed by atoms with Crippen molar-refractivity contribution in [1.82, 2.24) is 9.91 Å². The van der Waals surface area contributed by atoms with Gasteiger partial charge in [0.15, 0.2) is 11.5 Å². The summed E-state index contributed by atoms with van der Waals surface area (Å²) in [5.41, 5.74) is 2.75. The minimum absolute atomic E-state index is 0.0570. The maximum Gasteiger partial charge on any atom is 0.270 e. The average molecular weight is 357 g/mol. The Labute approximate surface area is 152 Å². The minimum atomic E-state index is -0.0883. The number of hydrogen-bond acceptors (Lipinski definition) is 5. The smallest absolute Gasteiger partial charge is 0.270 e. The van der Waals surface area contributed by atoms with Crippen molar-refractivity contribution in [2.75, 3.05) is 26.8 Å². The van der Waals surface area contributed by atoms with Gasteiger partial charge in [-0.2, -0.15) is 5.10 Å². The molecule has 3 aliphatic heterocycles. The van der Waals surface area contributed by atoms with Crippen molar-refractivity contribution in [1.29, 1.82) is 0 Å². The molecule has 0 N–H and O–H groups in total. The topological polar surface area (TPSA) is 71.4 Å². The van der Waals surface area contributed by atoms with Gasteiger partial charge in [-0.05, 0) is 36.6 Å². The van der Waals surface area contributed by atoms with E-state index in [1.54, 1.807) is 7.05 Å². The zero-order chi connectivity index (χ0) is 18.3. The van der Waals surface area contributed by atoms with Crippen molar-refractivity contribution < 1.29 is 19.1 Å². The molecule has 0 aromatic heterocycles. The van der Waals surface area contributed by atoms with Crippen LogP contribution in [0.4, 0.5) is 0 Å². The fourth-order valence-corrected chi connectivity index (χ4v) is 3.74.